The molecular weight excluding hydrogens is 549 g/mol. The van der Waals surface area contributed by atoms with E-state index in [1.165, 1.54) is 19.3 Å². The van der Waals surface area contributed by atoms with Gasteiger partial charge in [0.25, 0.3) is 0 Å². The summed E-state index contributed by atoms with van der Waals surface area (Å²) in [5, 5.41) is 3.28. The van der Waals surface area contributed by atoms with Gasteiger partial charge in [0.05, 0.1) is 12.0 Å². The molecule has 0 aromatic heterocycles. The van der Waals surface area contributed by atoms with E-state index in [9.17, 15) is 14.2 Å². The number of fused-ring (bicyclic) bond motifs is 7. The molecule has 0 aromatic carbocycles. The van der Waals surface area contributed by atoms with Crippen LogP contribution in [0.15, 0.2) is 0 Å². The molecule has 0 unspecified atom stereocenters. The van der Waals surface area contributed by atoms with Crippen LogP contribution < -0.4 is 5.32 Å². The third kappa shape index (κ3) is 4.90. The SMILES string of the molecule is CC(C)[C@@H]1CC[C@]2(C(=O)NCCCCOP(=O)(O)O)CC[C@]3(C)[C@H](CC[C@@H]4[C@@]5(C)CCC(=O)C(C)(C)[C@@H]5CC[C@]43C)[C@@H]12. The molecule has 1 amide bonds. The van der Waals surface area contributed by atoms with E-state index in [0.717, 1.165) is 44.9 Å². The average Bonchev–Trinajstić information content (AvgIpc) is 3.29. The molecule has 0 aliphatic heterocycles. The van der Waals surface area contributed by atoms with E-state index in [-0.39, 0.29) is 39.6 Å². The zero-order chi connectivity index (χ0) is 30.9. The Kier molecular flexibility index (Phi) is 8.51. The highest BCUT2D eigenvalue weighted by Gasteiger charge is 2.71. The van der Waals surface area contributed by atoms with Crippen molar-refractivity contribution in [1.29, 1.82) is 0 Å². The summed E-state index contributed by atoms with van der Waals surface area (Å²) in [7, 11) is -4.45. The van der Waals surface area contributed by atoms with Crippen LogP contribution in [0.5, 0.6) is 0 Å². The minimum absolute atomic E-state index is 0.00532. The van der Waals surface area contributed by atoms with Gasteiger partial charge in [0, 0.05) is 18.4 Å². The quantitative estimate of drug-likeness (QED) is 0.197. The lowest BCUT2D eigenvalue weighted by atomic mass is 9.32. The van der Waals surface area contributed by atoms with E-state index in [4.69, 9.17) is 9.79 Å². The Hall–Kier alpha value is -0.750. The number of hydrogen-bond donors (Lipinski definition) is 3. The predicted molar refractivity (Wildman–Crippen MR) is 164 cm³/mol. The van der Waals surface area contributed by atoms with Crippen LogP contribution in [0.25, 0.3) is 0 Å². The number of carbonyl (C=O) groups is 2. The Bertz CT molecular complexity index is 1120. The van der Waals surface area contributed by atoms with Gasteiger partial charge in [-0.2, -0.15) is 0 Å². The number of unbranched alkanes of at least 4 members (excludes halogenated alkanes) is 1. The highest BCUT2D eigenvalue weighted by Crippen LogP contribution is 2.77. The van der Waals surface area contributed by atoms with Crippen LogP contribution in [0.1, 0.15) is 126 Å². The molecule has 0 bridgehead atoms. The van der Waals surface area contributed by atoms with Gasteiger partial charge in [-0.05, 0) is 122 Å². The van der Waals surface area contributed by atoms with Gasteiger partial charge in [0.1, 0.15) is 5.78 Å². The van der Waals surface area contributed by atoms with Crippen LogP contribution in [0.2, 0.25) is 0 Å². The van der Waals surface area contributed by atoms with Crippen molar-refractivity contribution in [3.63, 3.8) is 0 Å². The van der Waals surface area contributed by atoms with Crippen molar-refractivity contribution in [2.75, 3.05) is 13.2 Å². The summed E-state index contributed by atoms with van der Waals surface area (Å²) in [4.78, 5) is 45.0. The minimum Gasteiger partial charge on any atom is -0.356 e. The first-order chi connectivity index (χ1) is 19.4. The van der Waals surface area contributed by atoms with E-state index in [1.807, 2.05) is 0 Å². The Morgan fingerprint density at radius 2 is 1.64 bits per heavy atom. The lowest BCUT2D eigenvalue weighted by Crippen LogP contribution is -2.67. The van der Waals surface area contributed by atoms with Crippen molar-refractivity contribution in [3.05, 3.63) is 0 Å². The molecule has 7 nitrogen and oxygen atoms in total. The van der Waals surface area contributed by atoms with Gasteiger partial charge in [-0.25, -0.2) is 4.57 Å². The first-order valence-corrected chi connectivity index (χ1v) is 18.5. The minimum atomic E-state index is -4.45. The Morgan fingerprint density at radius 1 is 0.929 bits per heavy atom. The summed E-state index contributed by atoms with van der Waals surface area (Å²) in [6.07, 6.45) is 11.8. The molecule has 5 rings (SSSR count). The number of amides is 1. The number of hydrogen-bond acceptors (Lipinski definition) is 4. The van der Waals surface area contributed by atoms with Crippen LogP contribution in [0.4, 0.5) is 0 Å². The van der Waals surface area contributed by atoms with Crippen molar-refractivity contribution >= 4 is 19.5 Å². The van der Waals surface area contributed by atoms with Gasteiger partial charge in [-0.3, -0.25) is 14.1 Å². The zero-order valence-electron chi connectivity index (χ0n) is 27.3. The summed E-state index contributed by atoms with van der Waals surface area (Å²) in [6.45, 7) is 17.4. The predicted octanol–water partition coefficient (Wildman–Crippen LogP) is 7.30. The second kappa shape index (κ2) is 11.0. The van der Waals surface area contributed by atoms with Gasteiger partial charge >= 0.3 is 7.82 Å². The molecule has 0 heterocycles. The fraction of sp³-hybridized carbons (Fsp3) is 0.941. The molecule has 5 saturated carbocycles. The molecule has 0 aromatic rings. The standard InChI is InChI=1S/C34H58NO6P/c1-22(2)23-12-17-34(29(37)35-20-8-9-21-41-42(38,39)40)19-18-32(6)24(28(23)34)10-11-26-31(5)15-14-27(36)30(3,4)25(31)13-16-33(26,32)7/h22-26,28H,8-21H2,1-7H3,(H,35,37)(H2,38,39,40)/t23-,24+,25-,26+,28+,31-,32+,33+,34-/m0/s1. The second-order valence-electron chi connectivity index (χ2n) is 16.7. The molecule has 5 aliphatic carbocycles. The molecule has 240 valence electrons. The van der Waals surface area contributed by atoms with E-state index in [0.29, 0.717) is 60.7 Å². The van der Waals surface area contributed by atoms with Crippen LogP contribution in [0.3, 0.4) is 0 Å². The Balaban J connectivity index is 1.38. The molecule has 5 aliphatic rings. The van der Waals surface area contributed by atoms with Crippen molar-refractivity contribution in [3.8, 4) is 0 Å². The monoisotopic (exact) mass is 607 g/mol. The Morgan fingerprint density at radius 3 is 2.31 bits per heavy atom. The zero-order valence-corrected chi connectivity index (χ0v) is 28.2. The maximum absolute atomic E-state index is 14.1. The van der Waals surface area contributed by atoms with Crippen LogP contribution in [-0.4, -0.2) is 34.6 Å². The molecular formula is C34H58NO6P. The van der Waals surface area contributed by atoms with E-state index in [2.05, 4.69) is 58.3 Å². The van der Waals surface area contributed by atoms with Gasteiger partial charge in [-0.15, -0.1) is 0 Å². The normalized spacial score (nSPS) is 44.6. The number of phosphoric ester groups is 1. The maximum Gasteiger partial charge on any atom is 0.469 e. The summed E-state index contributed by atoms with van der Waals surface area (Å²) in [6, 6.07) is 0. The van der Waals surface area contributed by atoms with Crippen LogP contribution >= 0.6 is 7.82 Å². The molecule has 9 atom stereocenters. The van der Waals surface area contributed by atoms with Crippen molar-refractivity contribution in [2.45, 2.75) is 126 Å². The van der Waals surface area contributed by atoms with Gasteiger partial charge in [0.2, 0.25) is 5.91 Å². The first kappa shape index (κ1) is 32.6. The fourth-order valence-corrected chi connectivity index (χ4v) is 12.7. The van der Waals surface area contributed by atoms with Crippen LogP contribution in [-0.2, 0) is 18.7 Å². The average molecular weight is 608 g/mol. The molecule has 0 saturated heterocycles. The van der Waals surface area contributed by atoms with Crippen molar-refractivity contribution < 1.29 is 28.5 Å². The Labute approximate surface area is 254 Å². The number of rotatable bonds is 8. The third-order valence-corrected chi connectivity index (χ3v) is 15.2. The number of nitrogens with one attached hydrogen (secondary N) is 1. The summed E-state index contributed by atoms with van der Waals surface area (Å²) in [5.74, 6) is 3.76. The van der Waals surface area contributed by atoms with E-state index < -0.39 is 7.82 Å². The van der Waals surface area contributed by atoms with Gasteiger partial charge in [-0.1, -0.05) is 48.5 Å². The van der Waals surface area contributed by atoms with E-state index >= 15 is 0 Å². The third-order valence-electron chi connectivity index (χ3n) is 14.7. The highest BCUT2D eigenvalue weighted by atomic mass is 31.2. The molecule has 42 heavy (non-hydrogen) atoms. The topological polar surface area (TPSA) is 113 Å². The first-order valence-electron chi connectivity index (χ1n) is 17.0. The second-order valence-corrected chi connectivity index (χ2v) is 18.0. The lowest BCUT2D eigenvalue weighted by molar-refractivity contribution is -0.234. The fourth-order valence-electron chi connectivity index (χ4n) is 12.4. The maximum atomic E-state index is 14.1. The number of Topliss-reactive ketones (excluding diaryl/α,β-unsaturated/α-hetero) is 1. The smallest absolute Gasteiger partial charge is 0.356 e. The molecule has 3 N–H and O–H groups in total. The van der Waals surface area contributed by atoms with Crippen molar-refractivity contribution in [2.24, 2.45) is 62.6 Å². The van der Waals surface area contributed by atoms with E-state index in [1.54, 1.807) is 0 Å². The molecule has 8 heteroatoms. The lowest BCUT2D eigenvalue weighted by Gasteiger charge is -2.72. The van der Waals surface area contributed by atoms with Crippen LogP contribution in [0, 0.1) is 62.6 Å². The highest BCUT2D eigenvalue weighted by molar-refractivity contribution is 7.46. The summed E-state index contributed by atoms with van der Waals surface area (Å²) in [5.41, 5.74) is 0.0403. The largest absolute Gasteiger partial charge is 0.469 e. The molecule has 0 spiro atoms. The summed E-state index contributed by atoms with van der Waals surface area (Å²) >= 11 is 0. The van der Waals surface area contributed by atoms with Gasteiger partial charge < -0.3 is 15.1 Å². The number of ketones is 1. The number of phosphoric acid groups is 1. The molecule has 5 fully saturated rings. The van der Waals surface area contributed by atoms with Crippen molar-refractivity contribution in [1.82, 2.24) is 5.32 Å². The number of carbonyl (C=O) groups excluding carboxylic acids is 2. The van der Waals surface area contributed by atoms with Gasteiger partial charge in [0.15, 0.2) is 0 Å². The summed E-state index contributed by atoms with van der Waals surface area (Å²) < 4.78 is 15.5. The molecule has 0 radical (unpaired) electrons.